The number of nitrogens with zero attached hydrogens (tertiary/aromatic N) is 3. The molecule has 0 atom stereocenters. The average Bonchev–Trinajstić information content (AvgIpc) is 4.36. The molecular formula is C73H47N3. The molecule has 3 heteroatoms. The van der Waals surface area contributed by atoms with Crippen LogP contribution in [0.5, 0.6) is 0 Å². The summed E-state index contributed by atoms with van der Waals surface area (Å²) in [7, 11) is 0. The van der Waals surface area contributed by atoms with Crippen LogP contribution in [0.3, 0.4) is 0 Å². The third kappa shape index (κ3) is 5.80. The van der Waals surface area contributed by atoms with Crippen LogP contribution in [0.25, 0.3) is 88.5 Å². The van der Waals surface area contributed by atoms with E-state index in [4.69, 9.17) is 4.98 Å². The minimum Gasteiger partial charge on any atom is -0.309 e. The molecule has 0 N–H and O–H groups in total. The number of pyridine rings is 1. The Morgan fingerprint density at radius 3 is 1.18 bits per heavy atom. The topological polar surface area (TPSA) is 22.8 Å². The Morgan fingerprint density at radius 2 is 0.658 bits per heavy atom. The van der Waals surface area contributed by atoms with Gasteiger partial charge in [0.2, 0.25) is 0 Å². The summed E-state index contributed by atoms with van der Waals surface area (Å²) in [6.45, 7) is 0. The van der Waals surface area contributed by atoms with E-state index in [9.17, 15) is 0 Å². The van der Waals surface area contributed by atoms with Crippen LogP contribution in [-0.4, -0.2) is 14.1 Å². The maximum atomic E-state index is 5.14. The summed E-state index contributed by atoms with van der Waals surface area (Å²) in [6, 6.07) is 103. The highest BCUT2D eigenvalue weighted by Crippen LogP contribution is 2.58. The van der Waals surface area contributed by atoms with Crippen LogP contribution in [-0.2, 0) is 10.8 Å². The van der Waals surface area contributed by atoms with Crippen molar-refractivity contribution in [1.29, 1.82) is 0 Å². The Balaban J connectivity index is 0.834. The molecule has 354 valence electrons. The lowest BCUT2D eigenvalue weighted by Crippen LogP contribution is -2.28. The van der Waals surface area contributed by atoms with E-state index in [1.807, 2.05) is 6.20 Å². The highest BCUT2D eigenvalue weighted by Gasteiger charge is 2.48. The Labute approximate surface area is 440 Å². The van der Waals surface area contributed by atoms with E-state index in [-0.39, 0.29) is 0 Å². The molecule has 3 nitrogen and oxygen atoms in total. The maximum Gasteiger partial charge on any atom is 0.0753 e. The molecule has 0 amide bonds. The summed E-state index contributed by atoms with van der Waals surface area (Å²) in [6.07, 6.45) is 1.94. The van der Waals surface area contributed by atoms with Gasteiger partial charge in [-0.2, -0.15) is 0 Å². The van der Waals surface area contributed by atoms with E-state index in [0.717, 1.165) is 22.6 Å². The molecule has 16 rings (SSSR count). The van der Waals surface area contributed by atoms with E-state index < -0.39 is 10.8 Å². The lowest BCUT2D eigenvalue weighted by molar-refractivity contribution is 0.766. The lowest BCUT2D eigenvalue weighted by atomic mass is 9.68. The zero-order chi connectivity index (χ0) is 50.0. The van der Waals surface area contributed by atoms with Crippen LogP contribution in [0.1, 0.15) is 44.5 Å². The Hall–Kier alpha value is -9.83. The van der Waals surface area contributed by atoms with Crippen LogP contribution in [0, 0.1) is 0 Å². The number of hydrogen-bond acceptors (Lipinski definition) is 1. The van der Waals surface area contributed by atoms with Gasteiger partial charge in [0.1, 0.15) is 0 Å². The van der Waals surface area contributed by atoms with Gasteiger partial charge in [-0.05, 0) is 133 Å². The van der Waals surface area contributed by atoms with Crippen molar-refractivity contribution >= 4 is 43.6 Å². The molecule has 3 aromatic heterocycles. The molecule has 0 saturated heterocycles. The maximum absolute atomic E-state index is 5.14. The highest BCUT2D eigenvalue weighted by atomic mass is 15.0. The molecule has 3 heterocycles. The second kappa shape index (κ2) is 16.3. The fraction of sp³-hybridized carbons (Fsp3) is 0.0274. The molecule has 2 aliphatic carbocycles. The summed E-state index contributed by atoms with van der Waals surface area (Å²) in [5.41, 5.74) is 23.2. The fourth-order valence-corrected chi connectivity index (χ4v) is 13.9. The summed E-state index contributed by atoms with van der Waals surface area (Å²) >= 11 is 0. The number of fused-ring (bicyclic) bond motifs is 12. The molecule has 76 heavy (non-hydrogen) atoms. The van der Waals surface area contributed by atoms with E-state index >= 15 is 0 Å². The summed E-state index contributed by atoms with van der Waals surface area (Å²) < 4.78 is 4.91. The minimum absolute atomic E-state index is 0.445. The first-order valence-corrected chi connectivity index (χ1v) is 26.4. The summed E-state index contributed by atoms with van der Waals surface area (Å²) in [4.78, 5) is 5.14. The van der Waals surface area contributed by atoms with Gasteiger partial charge in [0.15, 0.2) is 0 Å². The third-order valence-electron chi connectivity index (χ3n) is 16.9. The van der Waals surface area contributed by atoms with E-state index in [0.29, 0.717) is 0 Å². The van der Waals surface area contributed by atoms with E-state index in [1.165, 1.54) is 110 Å². The highest BCUT2D eigenvalue weighted by molar-refractivity contribution is 6.13. The average molecular weight is 966 g/mol. The molecule has 0 unspecified atom stereocenters. The van der Waals surface area contributed by atoms with Crippen molar-refractivity contribution < 1.29 is 0 Å². The minimum atomic E-state index is -0.505. The van der Waals surface area contributed by atoms with Crippen LogP contribution in [0.15, 0.2) is 285 Å². The van der Waals surface area contributed by atoms with Crippen molar-refractivity contribution in [2.45, 2.75) is 10.8 Å². The first kappa shape index (κ1) is 42.7. The molecule has 0 saturated carbocycles. The van der Waals surface area contributed by atoms with Crippen molar-refractivity contribution in [1.82, 2.24) is 14.1 Å². The number of para-hydroxylation sites is 2. The van der Waals surface area contributed by atoms with Gasteiger partial charge >= 0.3 is 0 Å². The normalized spacial score (nSPS) is 13.7. The van der Waals surface area contributed by atoms with Gasteiger partial charge in [0.05, 0.1) is 38.6 Å². The molecule has 11 aromatic carbocycles. The van der Waals surface area contributed by atoms with Crippen LogP contribution in [0.4, 0.5) is 0 Å². The second-order valence-corrected chi connectivity index (χ2v) is 20.5. The van der Waals surface area contributed by atoms with E-state index in [1.54, 1.807) is 0 Å². The quantitative estimate of drug-likeness (QED) is 0.156. The summed E-state index contributed by atoms with van der Waals surface area (Å²) in [5.74, 6) is 0. The predicted octanol–water partition coefficient (Wildman–Crippen LogP) is 17.7. The van der Waals surface area contributed by atoms with Gasteiger partial charge in [0.25, 0.3) is 0 Å². The molecular weight excluding hydrogens is 919 g/mol. The molecule has 14 aromatic rings. The largest absolute Gasteiger partial charge is 0.309 e. The first-order chi connectivity index (χ1) is 37.7. The van der Waals surface area contributed by atoms with Gasteiger partial charge in [-0.1, -0.05) is 212 Å². The Morgan fingerprint density at radius 1 is 0.263 bits per heavy atom. The molecule has 0 bridgehead atoms. The van der Waals surface area contributed by atoms with Crippen LogP contribution in [0.2, 0.25) is 0 Å². The monoisotopic (exact) mass is 965 g/mol. The Bertz CT molecular complexity index is 4250. The lowest BCUT2D eigenvalue weighted by Gasteiger charge is -2.33. The molecule has 0 radical (unpaired) electrons. The van der Waals surface area contributed by atoms with Gasteiger partial charge in [-0.3, -0.25) is 4.98 Å². The number of benzene rings is 11. The van der Waals surface area contributed by atoms with Crippen molar-refractivity contribution in [3.63, 3.8) is 0 Å². The Kier molecular flexibility index (Phi) is 9.17. The first-order valence-electron chi connectivity index (χ1n) is 26.4. The van der Waals surface area contributed by atoms with Crippen molar-refractivity contribution in [2.24, 2.45) is 0 Å². The second-order valence-electron chi connectivity index (χ2n) is 20.5. The summed E-state index contributed by atoms with van der Waals surface area (Å²) in [5, 5.41) is 4.91. The van der Waals surface area contributed by atoms with Gasteiger partial charge in [-0.25, -0.2) is 0 Å². The zero-order valence-corrected chi connectivity index (χ0v) is 41.5. The van der Waals surface area contributed by atoms with Crippen molar-refractivity contribution in [2.75, 3.05) is 0 Å². The fourth-order valence-electron chi connectivity index (χ4n) is 13.9. The standard InChI is InChI=1S/C73H47N3/c1-5-20-50(21-6-1)72(51-22-7-2-8-23-51)63-31-16-13-28-56(63)59-46-54(37-39-64(59)72)75-67-33-17-14-29-57(67)60-44-48(35-41-69(60)75)49-36-42-70-61(45-49)58-30-15-18-34-68(58)76(70)55-38-40-65-62(47-55)71-66(32-19-43-74-71)73(65,52-24-9-3-10-25-52)53-26-11-4-12-27-53/h1-47H. The SMILES string of the molecule is c1ccc(C2(c3ccccc3)c3ccccc3-c3cc(-n4c5ccccc5c5cc(-c6ccc7c(c6)c6ccccc6n7-c6ccc7c(c6)-c6ncccc6C7(c6ccccc6)c6ccccc6)ccc54)ccc32)cc1. The van der Waals surface area contributed by atoms with Crippen LogP contribution >= 0.6 is 0 Å². The van der Waals surface area contributed by atoms with Gasteiger partial charge < -0.3 is 9.13 Å². The number of aromatic nitrogens is 3. The smallest absolute Gasteiger partial charge is 0.0753 e. The zero-order valence-electron chi connectivity index (χ0n) is 41.5. The van der Waals surface area contributed by atoms with Crippen LogP contribution < -0.4 is 0 Å². The van der Waals surface area contributed by atoms with Gasteiger partial charge in [-0.15, -0.1) is 0 Å². The molecule has 0 spiro atoms. The number of rotatable bonds is 7. The van der Waals surface area contributed by atoms with Crippen molar-refractivity contribution in [3.05, 3.63) is 330 Å². The van der Waals surface area contributed by atoms with Gasteiger partial charge in [0, 0.05) is 44.7 Å². The van der Waals surface area contributed by atoms with Crippen molar-refractivity contribution in [3.8, 4) is 44.9 Å². The predicted molar refractivity (Wildman–Crippen MR) is 313 cm³/mol. The molecule has 0 aliphatic heterocycles. The number of hydrogen-bond donors (Lipinski definition) is 0. The molecule has 0 fully saturated rings. The van der Waals surface area contributed by atoms with E-state index in [2.05, 4.69) is 288 Å². The molecule has 2 aliphatic rings. The third-order valence-corrected chi connectivity index (χ3v) is 16.9.